The van der Waals surface area contributed by atoms with Gasteiger partial charge >= 0.3 is 6.03 Å². The maximum atomic E-state index is 11.8. The van der Waals surface area contributed by atoms with E-state index in [0.717, 1.165) is 25.9 Å². The molecule has 0 aromatic rings. The number of likely N-dealkylation sites (tertiary alicyclic amines) is 1. The van der Waals surface area contributed by atoms with Crippen LogP contribution in [-0.2, 0) is 0 Å². The number of nitrogens with one attached hydrogen (secondary N) is 2. The molecule has 4 heteroatoms. The van der Waals surface area contributed by atoms with E-state index < -0.39 is 0 Å². The summed E-state index contributed by atoms with van der Waals surface area (Å²) in [5, 5.41) is 6.13. The highest BCUT2D eigenvalue weighted by atomic mass is 16.2. The minimum Gasteiger partial charge on any atom is -0.338 e. The van der Waals surface area contributed by atoms with Crippen molar-refractivity contribution in [3.05, 3.63) is 0 Å². The van der Waals surface area contributed by atoms with Gasteiger partial charge in [0.05, 0.1) is 0 Å². The molecule has 0 aromatic carbocycles. The first kappa shape index (κ1) is 14.6. The quantitative estimate of drug-likeness (QED) is 0.803. The first-order chi connectivity index (χ1) is 9.24. The van der Waals surface area contributed by atoms with Crippen LogP contribution in [0.4, 0.5) is 4.79 Å². The van der Waals surface area contributed by atoms with Crippen molar-refractivity contribution in [2.75, 3.05) is 26.2 Å². The maximum absolute atomic E-state index is 11.8. The zero-order valence-corrected chi connectivity index (χ0v) is 12.3. The Morgan fingerprint density at radius 1 is 1.16 bits per heavy atom. The molecule has 1 heterocycles. The Bertz CT molecular complexity index is 271. The van der Waals surface area contributed by atoms with Crippen molar-refractivity contribution in [3.8, 4) is 0 Å². The summed E-state index contributed by atoms with van der Waals surface area (Å²) in [6, 6.07) is 0.433. The van der Waals surface area contributed by atoms with Crippen LogP contribution in [0.1, 0.15) is 51.9 Å². The molecular formula is C15H29N3O. The van der Waals surface area contributed by atoms with Gasteiger partial charge in [0, 0.05) is 19.1 Å². The first-order valence-corrected chi connectivity index (χ1v) is 8.01. The van der Waals surface area contributed by atoms with E-state index in [1.54, 1.807) is 0 Å². The van der Waals surface area contributed by atoms with Crippen molar-refractivity contribution in [1.82, 2.24) is 15.5 Å². The average Bonchev–Trinajstić information content (AvgIpc) is 2.90. The lowest BCUT2D eigenvalue weighted by molar-refractivity contribution is 0.227. The molecule has 2 N–H and O–H groups in total. The van der Waals surface area contributed by atoms with Gasteiger partial charge in [-0.1, -0.05) is 26.2 Å². The summed E-state index contributed by atoms with van der Waals surface area (Å²) in [5.41, 5.74) is 0. The molecule has 2 aliphatic rings. The van der Waals surface area contributed by atoms with Gasteiger partial charge in [0.2, 0.25) is 0 Å². The summed E-state index contributed by atoms with van der Waals surface area (Å²) in [6.07, 6.45) is 8.82. The number of nitrogens with zero attached hydrogens (tertiary/aromatic N) is 1. The Hall–Kier alpha value is -0.770. The lowest BCUT2D eigenvalue weighted by atomic mass is 9.96. The minimum atomic E-state index is 0.0279. The summed E-state index contributed by atoms with van der Waals surface area (Å²) < 4.78 is 0. The van der Waals surface area contributed by atoms with Gasteiger partial charge in [-0.05, 0) is 44.7 Å². The van der Waals surface area contributed by atoms with Crippen molar-refractivity contribution in [2.45, 2.75) is 57.9 Å². The van der Waals surface area contributed by atoms with Crippen LogP contribution in [0.3, 0.4) is 0 Å². The van der Waals surface area contributed by atoms with Crippen molar-refractivity contribution in [1.29, 1.82) is 0 Å². The third-order valence-electron chi connectivity index (χ3n) is 4.32. The molecule has 4 nitrogen and oxygen atoms in total. The van der Waals surface area contributed by atoms with E-state index in [1.807, 2.05) is 0 Å². The van der Waals surface area contributed by atoms with Gasteiger partial charge in [-0.25, -0.2) is 4.79 Å². The van der Waals surface area contributed by atoms with E-state index in [1.165, 1.54) is 45.2 Å². The van der Waals surface area contributed by atoms with Gasteiger partial charge in [-0.15, -0.1) is 0 Å². The molecule has 1 saturated heterocycles. The maximum Gasteiger partial charge on any atom is 0.315 e. The van der Waals surface area contributed by atoms with Gasteiger partial charge in [-0.3, -0.25) is 0 Å². The molecule has 2 rings (SSSR count). The van der Waals surface area contributed by atoms with Gasteiger partial charge in [0.25, 0.3) is 0 Å². The number of hydrogen-bond acceptors (Lipinski definition) is 2. The van der Waals surface area contributed by atoms with E-state index in [9.17, 15) is 4.79 Å². The Morgan fingerprint density at radius 2 is 1.84 bits per heavy atom. The minimum absolute atomic E-state index is 0.0279. The fourth-order valence-corrected chi connectivity index (χ4v) is 3.22. The number of amides is 2. The molecule has 1 aliphatic heterocycles. The van der Waals surface area contributed by atoms with Crippen LogP contribution in [0.15, 0.2) is 0 Å². The molecule has 19 heavy (non-hydrogen) atoms. The zero-order valence-electron chi connectivity index (χ0n) is 12.3. The molecule has 0 aromatic heterocycles. The Kier molecular flexibility index (Phi) is 5.95. The molecule has 0 unspecified atom stereocenters. The Labute approximate surface area is 117 Å². The molecule has 0 bridgehead atoms. The van der Waals surface area contributed by atoms with Crippen molar-refractivity contribution < 1.29 is 4.79 Å². The zero-order chi connectivity index (χ0) is 13.5. The average molecular weight is 267 g/mol. The van der Waals surface area contributed by atoms with Crippen LogP contribution in [0.5, 0.6) is 0 Å². The lowest BCUT2D eigenvalue weighted by Gasteiger charge is -2.24. The normalized spacial score (nSPS) is 23.2. The SMILES string of the molecule is C[C@H](CNC(=O)NC1CCCCC1)CN1CCCC1. The second-order valence-corrected chi connectivity index (χ2v) is 6.30. The standard InChI is InChI=1S/C15H29N3O/c1-13(12-18-9-5-6-10-18)11-16-15(19)17-14-7-3-2-4-8-14/h13-14H,2-12H2,1H3,(H2,16,17,19)/t13-/m1/s1. The molecule has 110 valence electrons. The predicted octanol–water partition coefficient (Wildman–Crippen LogP) is 2.35. The van der Waals surface area contributed by atoms with Crippen molar-refractivity contribution in [2.24, 2.45) is 5.92 Å². The molecule has 0 spiro atoms. The first-order valence-electron chi connectivity index (χ1n) is 8.01. The summed E-state index contributed by atoms with van der Waals surface area (Å²) in [7, 11) is 0. The highest BCUT2D eigenvalue weighted by Gasteiger charge is 2.17. The van der Waals surface area contributed by atoms with E-state index in [2.05, 4.69) is 22.5 Å². The highest BCUT2D eigenvalue weighted by Crippen LogP contribution is 2.17. The second kappa shape index (κ2) is 7.73. The van der Waals surface area contributed by atoms with Crippen LogP contribution in [0.25, 0.3) is 0 Å². The summed E-state index contributed by atoms with van der Waals surface area (Å²) >= 11 is 0. The fourth-order valence-electron chi connectivity index (χ4n) is 3.22. The van der Waals surface area contributed by atoms with E-state index in [4.69, 9.17) is 0 Å². The van der Waals surface area contributed by atoms with E-state index >= 15 is 0 Å². The fraction of sp³-hybridized carbons (Fsp3) is 0.933. The third kappa shape index (κ3) is 5.39. The third-order valence-corrected chi connectivity index (χ3v) is 4.32. The van der Waals surface area contributed by atoms with E-state index in [0.29, 0.717) is 12.0 Å². The van der Waals surface area contributed by atoms with Crippen LogP contribution in [-0.4, -0.2) is 43.2 Å². The van der Waals surface area contributed by atoms with Gasteiger partial charge in [-0.2, -0.15) is 0 Å². The van der Waals surface area contributed by atoms with Crippen LogP contribution < -0.4 is 10.6 Å². The smallest absolute Gasteiger partial charge is 0.315 e. The molecule has 1 aliphatic carbocycles. The Morgan fingerprint density at radius 3 is 2.53 bits per heavy atom. The number of rotatable bonds is 5. The van der Waals surface area contributed by atoms with Gasteiger partial charge in [0.1, 0.15) is 0 Å². The van der Waals surface area contributed by atoms with Gasteiger partial charge < -0.3 is 15.5 Å². The van der Waals surface area contributed by atoms with E-state index in [-0.39, 0.29) is 6.03 Å². The largest absolute Gasteiger partial charge is 0.338 e. The summed E-state index contributed by atoms with van der Waals surface area (Å²) in [5.74, 6) is 0.537. The molecule has 0 radical (unpaired) electrons. The number of urea groups is 1. The topological polar surface area (TPSA) is 44.4 Å². The van der Waals surface area contributed by atoms with Crippen LogP contribution in [0.2, 0.25) is 0 Å². The lowest BCUT2D eigenvalue weighted by Crippen LogP contribution is -2.45. The molecule has 1 saturated carbocycles. The monoisotopic (exact) mass is 267 g/mol. The number of carbonyl (C=O) groups is 1. The number of carbonyl (C=O) groups excluding carboxylic acids is 1. The van der Waals surface area contributed by atoms with Crippen molar-refractivity contribution in [3.63, 3.8) is 0 Å². The van der Waals surface area contributed by atoms with Crippen LogP contribution in [0, 0.1) is 5.92 Å². The van der Waals surface area contributed by atoms with Crippen molar-refractivity contribution >= 4 is 6.03 Å². The molecule has 2 fully saturated rings. The Balaban J connectivity index is 1.56. The number of hydrogen-bond donors (Lipinski definition) is 2. The molecular weight excluding hydrogens is 238 g/mol. The molecule has 2 amide bonds. The molecule has 1 atom stereocenters. The van der Waals surface area contributed by atoms with Gasteiger partial charge in [0.15, 0.2) is 0 Å². The second-order valence-electron chi connectivity index (χ2n) is 6.30. The highest BCUT2D eigenvalue weighted by molar-refractivity contribution is 5.74. The predicted molar refractivity (Wildman–Crippen MR) is 78.2 cm³/mol. The summed E-state index contributed by atoms with van der Waals surface area (Å²) in [6.45, 7) is 6.59. The van der Waals surface area contributed by atoms with Crippen LogP contribution >= 0.6 is 0 Å². The summed E-state index contributed by atoms with van der Waals surface area (Å²) in [4.78, 5) is 14.3.